The molecule has 20 heavy (non-hydrogen) atoms. The lowest BCUT2D eigenvalue weighted by Crippen LogP contribution is -2.32. The van der Waals surface area contributed by atoms with Crippen molar-refractivity contribution in [1.82, 2.24) is 4.31 Å². The molecule has 0 spiro atoms. The smallest absolute Gasteiger partial charge is 0.246 e. The van der Waals surface area contributed by atoms with Crippen LogP contribution >= 0.6 is 11.6 Å². The normalized spacial score (nSPS) is 11.6. The van der Waals surface area contributed by atoms with E-state index in [-0.39, 0.29) is 30.2 Å². The number of benzene rings is 1. The summed E-state index contributed by atoms with van der Waals surface area (Å²) in [5, 5.41) is 0.114. The Hall–Kier alpha value is -1.21. The average Bonchev–Trinajstić information content (AvgIpc) is 2.40. The minimum absolute atomic E-state index is 0.0399. The summed E-state index contributed by atoms with van der Waals surface area (Å²) < 4.78 is 40.1. The predicted molar refractivity (Wildman–Crippen MR) is 78.5 cm³/mol. The molecule has 1 rings (SSSR count). The van der Waals surface area contributed by atoms with Crippen molar-refractivity contribution in [3.05, 3.63) is 53.8 Å². The quantitative estimate of drug-likeness (QED) is 0.785. The molecule has 0 heterocycles. The van der Waals surface area contributed by atoms with E-state index >= 15 is 0 Å². The first kappa shape index (κ1) is 16.8. The lowest BCUT2D eigenvalue weighted by atomic mass is 10.2. The Morgan fingerprint density at radius 3 is 2.30 bits per heavy atom. The van der Waals surface area contributed by atoms with Gasteiger partial charge < -0.3 is 5.73 Å². The van der Waals surface area contributed by atoms with E-state index in [9.17, 15) is 12.8 Å². The van der Waals surface area contributed by atoms with E-state index in [4.69, 9.17) is 17.3 Å². The van der Waals surface area contributed by atoms with Crippen molar-refractivity contribution in [3.63, 3.8) is 0 Å². The summed E-state index contributed by atoms with van der Waals surface area (Å²) in [5.74, 6) is -0.880. The van der Waals surface area contributed by atoms with Gasteiger partial charge in [-0.2, -0.15) is 4.31 Å². The molecule has 0 aliphatic heterocycles. The second-order valence-electron chi connectivity index (χ2n) is 3.98. The van der Waals surface area contributed by atoms with Crippen LogP contribution in [0.2, 0.25) is 5.02 Å². The summed E-state index contributed by atoms with van der Waals surface area (Å²) in [7, 11) is -4.04. The van der Waals surface area contributed by atoms with Gasteiger partial charge in [-0.05, 0) is 12.1 Å². The average molecular weight is 319 g/mol. The number of hydrogen-bond donors (Lipinski definition) is 1. The number of sulfonamides is 1. The molecule has 0 saturated heterocycles. The molecule has 110 valence electrons. The molecule has 0 unspecified atom stereocenters. The molecule has 0 saturated carbocycles. The third-order valence-electron chi connectivity index (χ3n) is 2.58. The largest absolute Gasteiger partial charge is 0.326 e. The van der Waals surface area contributed by atoms with Crippen molar-refractivity contribution in [1.29, 1.82) is 0 Å². The van der Waals surface area contributed by atoms with Crippen LogP contribution in [-0.2, 0) is 16.6 Å². The van der Waals surface area contributed by atoms with Gasteiger partial charge in [0.15, 0.2) is 0 Å². The van der Waals surface area contributed by atoms with Crippen LogP contribution in [0.4, 0.5) is 4.39 Å². The molecule has 7 heteroatoms. The highest BCUT2D eigenvalue weighted by atomic mass is 35.5. The lowest BCUT2D eigenvalue weighted by molar-refractivity contribution is 0.465. The van der Waals surface area contributed by atoms with Gasteiger partial charge in [0.25, 0.3) is 0 Å². The molecule has 2 N–H and O–H groups in total. The highest BCUT2D eigenvalue weighted by Gasteiger charge is 2.27. The van der Waals surface area contributed by atoms with Crippen LogP contribution in [0.25, 0.3) is 0 Å². The fraction of sp³-hybridized carbons (Fsp3) is 0.231. The molecule has 0 fully saturated rings. The van der Waals surface area contributed by atoms with Gasteiger partial charge in [0.05, 0.1) is 0 Å². The zero-order chi connectivity index (χ0) is 15.3. The number of nitrogens with two attached hydrogens (primary N) is 1. The monoisotopic (exact) mass is 318 g/mol. The van der Waals surface area contributed by atoms with Crippen LogP contribution in [0.5, 0.6) is 0 Å². The zero-order valence-electron chi connectivity index (χ0n) is 10.9. The van der Waals surface area contributed by atoms with E-state index in [1.54, 1.807) is 0 Å². The van der Waals surface area contributed by atoms with Crippen LogP contribution in [0.15, 0.2) is 42.3 Å². The highest BCUT2D eigenvalue weighted by molar-refractivity contribution is 7.89. The summed E-state index contributed by atoms with van der Waals surface area (Å²) in [4.78, 5) is -0.492. The van der Waals surface area contributed by atoms with Gasteiger partial charge in [0.1, 0.15) is 10.7 Å². The van der Waals surface area contributed by atoms with Crippen LogP contribution in [0, 0.1) is 5.82 Å². The minimum atomic E-state index is -4.04. The Kier molecular flexibility index (Phi) is 5.88. The van der Waals surface area contributed by atoms with Gasteiger partial charge in [-0.1, -0.05) is 23.8 Å². The van der Waals surface area contributed by atoms with E-state index in [1.165, 1.54) is 18.2 Å². The van der Waals surface area contributed by atoms with Gasteiger partial charge in [-0.25, -0.2) is 12.8 Å². The zero-order valence-corrected chi connectivity index (χ0v) is 12.4. The summed E-state index contributed by atoms with van der Waals surface area (Å²) in [5.41, 5.74) is 5.44. The Morgan fingerprint density at radius 1 is 1.30 bits per heavy atom. The maximum Gasteiger partial charge on any atom is 0.246 e. The van der Waals surface area contributed by atoms with Crippen molar-refractivity contribution in [3.8, 4) is 0 Å². The van der Waals surface area contributed by atoms with Crippen LogP contribution in [-0.4, -0.2) is 25.8 Å². The molecule has 0 atom stereocenters. The summed E-state index contributed by atoms with van der Waals surface area (Å²) in [6.45, 7) is 6.91. The molecule has 0 aromatic heterocycles. The van der Waals surface area contributed by atoms with E-state index in [2.05, 4.69) is 13.2 Å². The highest BCUT2D eigenvalue weighted by Crippen LogP contribution is 2.26. The van der Waals surface area contributed by atoms with E-state index in [0.717, 1.165) is 10.4 Å². The second kappa shape index (κ2) is 6.99. The van der Waals surface area contributed by atoms with Gasteiger partial charge >= 0.3 is 0 Å². The van der Waals surface area contributed by atoms with E-state index in [1.807, 2.05) is 0 Å². The van der Waals surface area contributed by atoms with E-state index < -0.39 is 20.7 Å². The standard InChI is InChI=1S/C13H16ClFN2O2S/c1-3-5-17(6-4-2)20(18,19)12-8-11(14)7-10(9-16)13(12)15/h3-4,7-8H,1-2,5-6,9,16H2. The third-order valence-corrected chi connectivity index (χ3v) is 4.63. The first-order valence-electron chi connectivity index (χ1n) is 5.78. The first-order chi connectivity index (χ1) is 9.38. The molecular formula is C13H16ClFN2O2S. The minimum Gasteiger partial charge on any atom is -0.326 e. The molecule has 0 bridgehead atoms. The van der Waals surface area contributed by atoms with Crippen molar-refractivity contribution >= 4 is 21.6 Å². The molecular weight excluding hydrogens is 303 g/mol. The Morgan fingerprint density at radius 2 is 1.85 bits per heavy atom. The molecule has 1 aromatic carbocycles. The Balaban J connectivity index is 3.43. The molecule has 1 aromatic rings. The number of halogens is 2. The van der Waals surface area contributed by atoms with Crippen molar-refractivity contribution in [2.24, 2.45) is 5.73 Å². The Labute approximate surface area is 123 Å². The third kappa shape index (κ3) is 3.46. The SMILES string of the molecule is C=CCN(CC=C)S(=O)(=O)c1cc(Cl)cc(CN)c1F. The van der Waals surface area contributed by atoms with E-state index in [0.29, 0.717) is 0 Å². The fourth-order valence-corrected chi connectivity index (χ4v) is 3.47. The Bertz CT molecular complexity index is 607. The molecule has 0 radical (unpaired) electrons. The fourth-order valence-electron chi connectivity index (χ4n) is 1.65. The lowest BCUT2D eigenvalue weighted by Gasteiger charge is -2.20. The van der Waals surface area contributed by atoms with Crippen LogP contribution in [0.3, 0.4) is 0 Å². The van der Waals surface area contributed by atoms with Crippen LogP contribution < -0.4 is 5.73 Å². The van der Waals surface area contributed by atoms with Gasteiger partial charge in [-0.15, -0.1) is 13.2 Å². The van der Waals surface area contributed by atoms with Crippen LogP contribution in [0.1, 0.15) is 5.56 Å². The van der Waals surface area contributed by atoms with Gasteiger partial charge in [0, 0.05) is 30.2 Å². The van der Waals surface area contributed by atoms with Gasteiger partial charge in [-0.3, -0.25) is 0 Å². The topological polar surface area (TPSA) is 63.4 Å². The molecule has 0 aliphatic carbocycles. The van der Waals surface area contributed by atoms with Crippen molar-refractivity contribution < 1.29 is 12.8 Å². The molecule has 4 nitrogen and oxygen atoms in total. The summed E-state index contributed by atoms with van der Waals surface area (Å²) in [6.07, 6.45) is 2.82. The number of hydrogen-bond acceptors (Lipinski definition) is 3. The maximum atomic E-state index is 14.2. The molecule has 0 amide bonds. The second-order valence-corrected chi connectivity index (χ2v) is 6.32. The number of nitrogens with zero attached hydrogens (tertiary/aromatic N) is 1. The van der Waals surface area contributed by atoms with Crippen molar-refractivity contribution in [2.75, 3.05) is 13.1 Å². The van der Waals surface area contributed by atoms with Gasteiger partial charge in [0.2, 0.25) is 10.0 Å². The summed E-state index contributed by atoms with van der Waals surface area (Å²) >= 11 is 5.82. The number of rotatable bonds is 7. The molecule has 0 aliphatic rings. The predicted octanol–water partition coefficient (Wildman–Crippen LogP) is 2.30. The maximum absolute atomic E-state index is 14.2. The summed E-state index contributed by atoms with van der Waals surface area (Å²) in [6, 6.07) is 2.38. The van der Waals surface area contributed by atoms with Crippen molar-refractivity contribution in [2.45, 2.75) is 11.4 Å². The first-order valence-corrected chi connectivity index (χ1v) is 7.60.